The summed E-state index contributed by atoms with van der Waals surface area (Å²) in [6.07, 6.45) is 3.26. The molecule has 0 bridgehead atoms. The molecular formula is C22H22ClN3O3. The van der Waals surface area contributed by atoms with Gasteiger partial charge >= 0.3 is 0 Å². The van der Waals surface area contributed by atoms with Gasteiger partial charge in [-0.2, -0.15) is 0 Å². The Bertz CT molecular complexity index is 997. The van der Waals surface area contributed by atoms with Crippen LogP contribution in [-0.4, -0.2) is 48.8 Å². The second kappa shape index (κ2) is 7.28. The van der Waals surface area contributed by atoms with E-state index in [1.807, 2.05) is 14.1 Å². The van der Waals surface area contributed by atoms with Gasteiger partial charge in [0.05, 0.1) is 16.8 Å². The van der Waals surface area contributed by atoms with Crippen LogP contribution in [0, 0.1) is 0 Å². The van der Waals surface area contributed by atoms with Crippen LogP contribution in [0.4, 0.5) is 5.69 Å². The standard InChI is InChI=1S/C22H22ClN3O3/c1-25(2)22(10-3-11-22)13-24-19(27)14-4-9-17-18(12-14)21(29)26(20(17)28)16-7-5-15(23)6-8-16/h4-9,12H,3,10-11,13H2,1-2H3,(H,24,27). The first-order chi connectivity index (χ1) is 13.8. The predicted molar refractivity (Wildman–Crippen MR) is 112 cm³/mol. The fraction of sp³-hybridized carbons (Fsp3) is 0.318. The van der Waals surface area contributed by atoms with E-state index in [2.05, 4.69) is 10.2 Å². The van der Waals surface area contributed by atoms with Crippen molar-refractivity contribution in [3.63, 3.8) is 0 Å². The molecule has 0 unspecified atom stereocenters. The second-order valence-corrected chi connectivity index (χ2v) is 8.27. The number of carbonyl (C=O) groups excluding carboxylic acids is 3. The highest BCUT2D eigenvalue weighted by Gasteiger charge is 2.40. The average Bonchev–Trinajstić information content (AvgIpc) is 2.91. The van der Waals surface area contributed by atoms with Crippen molar-refractivity contribution in [2.45, 2.75) is 24.8 Å². The monoisotopic (exact) mass is 411 g/mol. The zero-order chi connectivity index (χ0) is 20.8. The number of fused-ring (bicyclic) bond motifs is 1. The minimum absolute atomic E-state index is 0.00353. The Labute approximate surface area is 174 Å². The van der Waals surface area contributed by atoms with Crippen LogP contribution in [-0.2, 0) is 0 Å². The van der Waals surface area contributed by atoms with Crippen molar-refractivity contribution in [3.8, 4) is 0 Å². The fourth-order valence-electron chi connectivity index (χ4n) is 3.92. The number of carbonyl (C=O) groups is 3. The lowest BCUT2D eigenvalue weighted by Crippen LogP contribution is -2.57. The van der Waals surface area contributed by atoms with Gasteiger partial charge in [0.2, 0.25) is 0 Å². The molecular weight excluding hydrogens is 390 g/mol. The molecule has 3 amide bonds. The molecule has 1 aliphatic carbocycles. The lowest BCUT2D eigenvalue weighted by atomic mass is 9.75. The van der Waals surface area contributed by atoms with Gasteiger partial charge in [-0.25, -0.2) is 4.90 Å². The van der Waals surface area contributed by atoms with Gasteiger partial charge in [0.1, 0.15) is 0 Å². The maximum absolute atomic E-state index is 12.9. The molecule has 0 atom stereocenters. The molecule has 1 N–H and O–H groups in total. The SMILES string of the molecule is CN(C)C1(CNC(=O)c2ccc3c(c2)C(=O)N(c2ccc(Cl)cc2)C3=O)CCC1. The van der Waals surface area contributed by atoms with Gasteiger partial charge < -0.3 is 10.2 Å². The summed E-state index contributed by atoms with van der Waals surface area (Å²) < 4.78 is 0. The van der Waals surface area contributed by atoms with Crippen LogP contribution in [0.25, 0.3) is 0 Å². The van der Waals surface area contributed by atoms with E-state index < -0.39 is 11.8 Å². The first kappa shape index (κ1) is 19.6. The lowest BCUT2D eigenvalue weighted by Gasteiger charge is -2.47. The molecule has 150 valence electrons. The summed E-state index contributed by atoms with van der Waals surface area (Å²) in [7, 11) is 4.05. The Balaban J connectivity index is 1.54. The summed E-state index contributed by atoms with van der Waals surface area (Å²) in [4.78, 5) is 41.5. The summed E-state index contributed by atoms with van der Waals surface area (Å²) in [6, 6.07) is 11.1. The van der Waals surface area contributed by atoms with Gasteiger partial charge in [0.15, 0.2) is 0 Å². The zero-order valence-electron chi connectivity index (χ0n) is 16.4. The van der Waals surface area contributed by atoms with Crippen molar-refractivity contribution in [3.05, 3.63) is 64.2 Å². The largest absolute Gasteiger partial charge is 0.350 e. The quantitative estimate of drug-likeness (QED) is 0.766. The van der Waals surface area contributed by atoms with Crippen LogP contribution < -0.4 is 10.2 Å². The van der Waals surface area contributed by atoms with E-state index in [1.165, 1.54) is 6.07 Å². The van der Waals surface area contributed by atoms with E-state index in [-0.39, 0.29) is 17.0 Å². The topological polar surface area (TPSA) is 69.7 Å². The molecule has 6 nitrogen and oxygen atoms in total. The van der Waals surface area contributed by atoms with Crippen molar-refractivity contribution in [2.75, 3.05) is 25.5 Å². The van der Waals surface area contributed by atoms with Gasteiger partial charge in [-0.1, -0.05) is 11.6 Å². The molecule has 1 fully saturated rings. The zero-order valence-corrected chi connectivity index (χ0v) is 17.1. The number of hydrogen-bond acceptors (Lipinski definition) is 4. The summed E-state index contributed by atoms with van der Waals surface area (Å²) in [5, 5.41) is 3.50. The Morgan fingerprint density at radius 1 is 1.07 bits per heavy atom. The molecule has 1 heterocycles. The molecule has 0 saturated heterocycles. The maximum atomic E-state index is 12.9. The third-order valence-corrected chi connectivity index (χ3v) is 6.30. The van der Waals surface area contributed by atoms with E-state index >= 15 is 0 Å². The van der Waals surface area contributed by atoms with E-state index in [4.69, 9.17) is 11.6 Å². The van der Waals surface area contributed by atoms with Gasteiger partial charge in [0.25, 0.3) is 17.7 Å². The first-order valence-electron chi connectivity index (χ1n) is 9.56. The van der Waals surface area contributed by atoms with E-state index in [9.17, 15) is 14.4 Å². The van der Waals surface area contributed by atoms with Crippen LogP contribution in [0.15, 0.2) is 42.5 Å². The van der Waals surface area contributed by atoms with Crippen molar-refractivity contribution >= 4 is 35.0 Å². The van der Waals surface area contributed by atoms with Crippen molar-refractivity contribution < 1.29 is 14.4 Å². The van der Waals surface area contributed by atoms with Crippen LogP contribution >= 0.6 is 11.6 Å². The molecule has 2 aliphatic rings. The average molecular weight is 412 g/mol. The molecule has 2 aromatic carbocycles. The Morgan fingerprint density at radius 2 is 1.72 bits per heavy atom. The normalized spacial score (nSPS) is 17.3. The number of likely N-dealkylation sites (N-methyl/N-ethyl adjacent to an activating group) is 1. The smallest absolute Gasteiger partial charge is 0.266 e. The lowest BCUT2D eigenvalue weighted by molar-refractivity contribution is 0.0557. The molecule has 1 aliphatic heterocycles. The fourth-order valence-corrected chi connectivity index (χ4v) is 4.05. The molecule has 4 rings (SSSR count). The van der Waals surface area contributed by atoms with Crippen LogP contribution in [0.2, 0.25) is 5.02 Å². The molecule has 0 radical (unpaired) electrons. The number of nitrogens with zero attached hydrogens (tertiary/aromatic N) is 2. The highest BCUT2D eigenvalue weighted by molar-refractivity contribution is 6.35. The third-order valence-electron chi connectivity index (χ3n) is 6.04. The number of anilines is 1. The Kier molecular flexibility index (Phi) is 4.92. The molecule has 1 saturated carbocycles. The summed E-state index contributed by atoms with van der Waals surface area (Å²) in [5.41, 5.74) is 1.36. The highest BCUT2D eigenvalue weighted by atomic mass is 35.5. The summed E-state index contributed by atoms with van der Waals surface area (Å²) in [5.74, 6) is -1.09. The third kappa shape index (κ3) is 3.32. The van der Waals surface area contributed by atoms with Crippen molar-refractivity contribution in [2.24, 2.45) is 0 Å². The number of imide groups is 1. The van der Waals surface area contributed by atoms with E-state index in [1.54, 1.807) is 36.4 Å². The molecule has 0 spiro atoms. The van der Waals surface area contributed by atoms with Crippen LogP contribution in [0.3, 0.4) is 0 Å². The van der Waals surface area contributed by atoms with Gasteiger partial charge in [0, 0.05) is 22.7 Å². The first-order valence-corrected chi connectivity index (χ1v) is 9.94. The number of rotatable bonds is 5. The van der Waals surface area contributed by atoms with Crippen LogP contribution in [0.5, 0.6) is 0 Å². The van der Waals surface area contributed by atoms with Crippen molar-refractivity contribution in [1.82, 2.24) is 10.2 Å². The van der Waals surface area contributed by atoms with Crippen LogP contribution in [0.1, 0.15) is 50.3 Å². The molecule has 7 heteroatoms. The summed E-state index contributed by atoms with van der Waals surface area (Å²) >= 11 is 5.90. The van der Waals surface area contributed by atoms with Gasteiger partial charge in [-0.05, 0) is 75.8 Å². The minimum Gasteiger partial charge on any atom is -0.350 e. The van der Waals surface area contributed by atoms with Crippen molar-refractivity contribution in [1.29, 1.82) is 0 Å². The highest BCUT2D eigenvalue weighted by Crippen LogP contribution is 2.35. The van der Waals surface area contributed by atoms with E-state index in [0.717, 1.165) is 24.2 Å². The predicted octanol–water partition coefficient (Wildman–Crippen LogP) is 3.35. The number of halogens is 1. The number of hydrogen-bond donors (Lipinski definition) is 1. The molecule has 2 aromatic rings. The number of benzene rings is 2. The van der Waals surface area contributed by atoms with E-state index in [0.29, 0.717) is 28.4 Å². The molecule has 0 aromatic heterocycles. The Morgan fingerprint density at radius 3 is 2.31 bits per heavy atom. The summed E-state index contributed by atoms with van der Waals surface area (Å²) in [6.45, 7) is 0.555. The van der Waals surface area contributed by atoms with Gasteiger partial charge in [-0.3, -0.25) is 14.4 Å². The number of amides is 3. The maximum Gasteiger partial charge on any atom is 0.266 e. The number of nitrogens with one attached hydrogen (secondary N) is 1. The molecule has 29 heavy (non-hydrogen) atoms. The second-order valence-electron chi connectivity index (χ2n) is 7.84. The van der Waals surface area contributed by atoms with Gasteiger partial charge in [-0.15, -0.1) is 0 Å². The minimum atomic E-state index is -0.439. The Hall–Kier alpha value is -2.70.